The van der Waals surface area contributed by atoms with Gasteiger partial charge in [-0.3, -0.25) is 0 Å². The molecule has 104 valence electrons. The van der Waals surface area contributed by atoms with Crippen LogP contribution in [0.2, 0.25) is 5.02 Å². The lowest BCUT2D eigenvalue weighted by Gasteiger charge is -2.01. The topological polar surface area (TPSA) is 26.3 Å². The molecule has 0 amide bonds. The molecule has 0 atom stereocenters. The molecule has 2 nitrogen and oxygen atoms in total. The molecule has 1 aliphatic rings. The van der Waals surface area contributed by atoms with Gasteiger partial charge in [0.1, 0.15) is 5.76 Å². The van der Waals surface area contributed by atoms with Crippen molar-refractivity contribution in [3.63, 3.8) is 0 Å². The van der Waals surface area contributed by atoms with Gasteiger partial charge in [0.15, 0.2) is 0 Å². The lowest BCUT2D eigenvalue weighted by atomic mass is 10.1. The van der Waals surface area contributed by atoms with Gasteiger partial charge in [-0.2, -0.15) is 0 Å². The van der Waals surface area contributed by atoms with Gasteiger partial charge >= 0.3 is 5.97 Å². The molecule has 1 heterocycles. The minimum atomic E-state index is -0.345. The number of hydrogen-bond donors (Lipinski definition) is 0. The van der Waals surface area contributed by atoms with Crippen molar-refractivity contribution >= 4 is 45.3 Å². The largest absolute Gasteiger partial charge is 0.422 e. The van der Waals surface area contributed by atoms with Crippen LogP contribution in [0.5, 0.6) is 0 Å². The first-order valence-corrected chi connectivity index (χ1v) is 7.46. The van der Waals surface area contributed by atoms with Crippen LogP contribution in [0.4, 0.5) is 0 Å². The summed E-state index contributed by atoms with van der Waals surface area (Å²) in [5, 5.41) is 0.648. The number of ether oxygens (including phenoxy) is 1. The summed E-state index contributed by atoms with van der Waals surface area (Å²) in [4.78, 5) is 11.9. The van der Waals surface area contributed by atoms with E-state index in [1.165, 1.54) is 0 Å². The molecule has 0 unspecified atom stereocenters. The zero-order chi connectivity index (χ0) is 14.8. The molecular formula is C17H10BrClO2. The highest BCUT2D eigenvalue weighted by molar-refractivity contribution is 9.10. The molecular weight excluding hydrogens is 352 g/mol. The van der Waals surface area contributed by atoms with E-state index in [1.54, 1.807) is 24.3 Å². The molecule has 4 heteroatoms. The molecule has 0 saturated carbocycles. The van der Waals surface area contributed by atoms with Crippen molar-refractivity contribution in [3.05, 3.63) is 80.8 Å². The maximum atomic E-state index is 11.9. The molecule has 0 bridgehead atoms. The van der Waals surface area contributed by atoms with E-state index < -0.39 is 0 Å². The van der Waals surface area contributed by atoms with Crippen LogP contribution < -0.4 is 0 Å². The Balaban J connectivity index is 1.91. The van der Waals surface area contributed by atoms with Crippen molar-refractivity contribution in [1.29, 1.82) is 0 Å². The highest BCUT2D eigenvalue weighted by Crippen LogP contribution is 2.28. The summed E-state index contributed by atoms with van der Waals surface area (Å²) >= 11 is 9.23. The number of carbonyl (C=O) groups excluding carboxylic acids is 1. The molecule has 1 aliphatic heterocycles. The standard InChI is InChI=1S/C17H10BrClO2/c18-14-5-1-11(2-6-14)9-13-10-16(21-17(13)20)12-3-7-15(19)8-4-12/h1-10H/b13-9+. The Morgan fingerprint density at radius 2 is 1.67 bits per heavy atom. The third-order valence-electron chi connectivity index (χ3n) is 3.05. The van der Waals surface area contributed by atoms with Crippen molar-refractivity contribution < 1.29 is 9.53 Å². The van der Waals surface area contributed by atoms with Crippen LogP contribution in [0.25, 0.3) is 11.8 Å². The van der Waals surface area contributed by atoms with Gasteiger partial charge in [-0.05, 0) is 54.1 Å². The fourth-order valence-corrected chi connectivity index (χ4v) is 2.37. The lowest BCUT2D eigenvalue weighted by Crippen LogP contribution is -1.97. The monoisotopic (exact) mass is 360 g/mol. The smallest absolute Gasteiger partial charge is 0.343 e. The van der Waals surface area contributed by atoms with E-state index in [-0.39, 0.29) is 5.97 Å². The fraction of sp³-hybridized carbons (Fsp3) is 0. The quantitative estimate of drug-likeness (QED) is 0.550. The Morgan fingerprint density at radius 3 is 2.33 bits per heavy atom. The average molecular weight is 362 g/mol. The summed E-state index contributed by atoms with van der Waals surface area (Å²) < 4.78 is 6.29. The molecule has 21 heavy (non-hydrogen) atoms. The first-order valence-electron chi connectivity index (χ1n) is 6.29. The maximum absolute atomic E-state index is 11.9. The molecule has 2 aromatic rings. The lowest BCUT2D eigenvalue weighted by molar-refractivity contribution is -0.130. The Kier molecular flexibility index (Phi) is 3.95. The number of benzene rings is 2. The van der Waals surface area contributed by atoms with E-state index in [9.17, 15) is 4.79 Å². The second-order valence-electron chi connectivity index (χ2n) is 4.56. The van der Waals surface area contributed by atoms with Crippen LogP contribution in [-0.2, 0) is 9.53 Å². The van der Waals surface area contributed by atoms with Crippen LogP contribution in [0, 0.1) is 0 Å². The number of rotatable bonds is 2. The van der Waals surface area contributed by atoms with Crippen molar-refractivity contribution in [3.8, 4) is 0 Å². The van der Waals surface area contributed by atoms with Gasteiger partial charge in [0.25, 0.3) is 0 Å². The van der Waals surface area contributed by atoms with Gasteiger partial charge in [-0.1, -0.05) is 39.7 Å². The van der Waals surface area contributed by atoms with Crippen molar-refractivity contribution in [2.75, 3.05) is 0 Å². The Hall–Kier alpha value is -1.84. The van der Waals surface area contributed by atoms with Gasteiger partial charge in [0.2, 0.25) is 0 Å². The minimum Gasteiger partial charge on any atom is -0.422 e. The zero-order valence-corrected chi connectivity index (χ0v) is 13.2. The predicted molar refractivity (Wildman–Crippen MR) is 87.6 cm³/mol. The van der Waals surface area contributed by atoms with E-state index in [0.717, 1.165) is 15.6 Å². The predicted octanol–water partition coefficient (Wildman–Crippen LogP) is 5.08. The second-order valence-corrected chi connectivity index (χ2v) is 5.91. The van der Waals surface area contributed by atoms with Gasteiger partial charge in [0, 0.05) is 15.1 Å². The minimum absolute atomic E-state index is 0.345. The van der Waals surface area contributed by atoms with E-state index in [1.807, 2.05) is 36.4 Å². The molecule has 3 rings (SSSR count). The van der Waals surface area contributed by atoms with Gasteiger partial charge < -0.3 is 4.74 Å². The SMILES string of the molecule is O=C1OC(c2ccc(Cl)cc2)=C/C1=C\c1ccc(Br)cc1. The summed E-state index contributed by atoms with van der Waals surface area (Å²) in [6.45, 7) is 0. The van der Waals surface area contributed by atoms with Crippen molar-refractivity contribution in [1.82, 2.24) is 0 Å². The molecule has 0 radical (unpaired) electrons. The molecule has 0 N–H and O–H groups in total. The first kappa shape index (κ1) is 14.1. The average Bonchev–Trinajstić information content (AvgIpc) is 2.83. The van der Waals surface area contributed by atoms with E-state index in [4.69, 9.17) is 16.3 Å². The Labute approximate surface area is 135 Å². The van der Waals surface area contributed by atoms with Crippen LogP contribution in [-0.4, -0.2) is 5.97 Å². The Morgan fingerprint density at radius 1 is 1.00 bits per heavy atom. The molecule has 0 aliphatic carbocycles. The van der Waals surface area contributed by atoms with Crippen molar-refractivity contribution in [2.45, 2.75) is 0 Å². The highest BCUT2D eigenvalue weighted by atomic mass is 79.9. The van der Waals surface area contributed by atoms with E-state index >= 15 is 0 Å². The third-order valence-corrected chi connectivity index (χ3v) is 3.83. The zero-order valence-electron chi connectivity index (χ0n) is 10.8. The number of cyclic esters (lactones) is 1. The van der Waals surface area contributed by atoms with Crippen LogP contribution in [0.15, 0.2) is 64.7 Å². The third kappa shape index (κ3) is 3.26. The maximum Gasteiger partial charge on any atom is 0.343 e. The number of carbonyl (C=O) groups is 1. The van der Waals surface area contributed by atoms with Crippen LogP contribution >= 0.6 is 27.5 Å². The van der Waals surface area contributed by atoms with Crippen LogP contribution in [0.3, 0.4) is 0 Å². The normalized spacial score (nSPS) is 16.0. The van der Waals surface area contributed by atoms with Gasteiger partial charge in [-0.25, -0.2) is 4.79 Å². The second kappa shape index (κ2) is 5.88. The summed E-state index contributed by atoms with van der Waals surface area (Å²) in [7, 11) is 0. The van der Waals surface area contributed by atoms with Gasteiger partial charge in [0.05, 0.1) is 5.57 Å². The number of halogens is 2. The summed E-state index contributed by atoms with van der Waals surface area (Å²) in [6.07, 6.45) is 3.55. The fourth-order valence-electron chi connectivity index (χ4n) is 1.98. The van der Waals surface area contributed by atoms with E-state index in [0.29, 0.717) is 16.4 Å². The molecule has 0 saturated heterocycles. The first-order chi connectivity index (χ1) is 10.1. The number of esters is 1. The molecule has 0 aromatic heterocycles. The van der Waals surface area contributed by atoms with E-state index in [2.05, 4.69) is 15.9 Å². The summed E-state index contributed by atoms with van der Waals surface area (Å²) in [5.74, 6) is 0.197. The highest BCUT2D eigenvalue weighted by Gasteiger charge is 2.21. The van der Waals surface area contributed by atoms with Crippen molar-refractivity contribution in [2.24, 2.45) is 0 Å². The summed E-state index contributed by atoms with van der Waals surface area (Å²) in [5.41, 5.74) is 2.30. The molecule has 0 fully saturated rings. The number of hydrogen-bond acceptors (Lipinski definition) is 2. The summed E-state index contributed by atoms with van der Waals surface area (Å²) in [6, 6.07) is 14.9. The van der Waals surface area contributed by atoms with Gasteiger partial charge in [-0.15, -0.1) is 0 Å². The Bertz CT molecular complexity index is 743. The molecule has 0 spiro atoms. The van der Waals surface area contributed by atoms with Crippen LogP contribution in [0.1, 0.15) is 11.1 Å². The molecule has 2 aromatic carbocycles.